The molecule has 0 bridgehead atoms. The number of benzene rings is 2. The molecule has 84 valence electrons. The van der Waals surface area contributed by atoms with Crippen molar-refractivity contribution in [1.29, 1.82) is 0 Å². The summed E-state index contributed by atoms with van der Waals surface area (Å²) in [5.74, 6) is -0.648. The minimum atomic E-state index is -4.37. The average Bonchev–Trinajstić information content (AvgIpc) is 2.17. The van der Waals surface area contributed by atoms with Gasteiger partial charge in [0, 0.05) is 11.5 Å². The summed E-state index contributed by atoms with van der Waals surface area (Å²) in [6.07, 6.45) is 0. The van der Waals surface area contributed by atoms with Crippen molar-refractivity contribution in [2.75, 3.05) is 0 Å². The van der Waals surface area contributed by atoms with Gasteiger partial charge in [-0.15, -0.1) is 5.75 Å². The van der Waals surface area contributed by atoms with Crippen molar-refractivity contribution in [3.63, 3.8) is 0 Å². The third kappa shape index (κ3) is 2.91. The van der Waals surface area contributed by atoms with Crippen molar-refractivity contribution in [2.24, 2.45) is 0 Å². The van der Waals surface area contributed by atoms with E-state index in [9.17, 15) is 18.6 Å². The minimum absolute atomic E-state index is 0. The Kier molecular flexibility index (Phi) is 4.06. The van der Waals surface area contributed by atoms with Crippen molar-refractivity contribution in [3.8, 4) is 11.5 Å². The van der Waals surface area contributed by atoms with Crippen LogP contribution in [-0.4, -0.2) is 18.1 Å². The van der Waals surface area contributed by atoms with Crippen LogP contribution in [0.25, 0.3) is 10.8 Å². The van der Waals surface area contributed by atoms with Crippen LogP contribution in [0.1, 0.15) is 0 Å². The fourth-order valence-corrected chi connectivity index (χ4v) is 1.98. The Bertz CT molecular complexity index is 666. The van der Waals surface area contributed by atoms with Gasteiger partial charge in [0.15, 0.2) is 0 Å². The quantitative estimate of drug-likeness (QED) is 0.452. The van der Waals surface area contributed by atoms with Crippen LogP contribution in [-0.2, 0) is 10.1 Å². The maximum atomic E-state index is 11.0. The van der Waals surface area contributed by atoms with Gasteiger partial charge in [0.25, 0.3) is 10.1 Å². The molecular weight excluding hydrogens is 255 g/mol. The zero-order chi connectivity index (χ0) is 11.9. The van der Waals surface area contributed by atoms with Crippen LogP contribution in [0, 0.1) is 0 Å². The summed E-state index contributed by atoms with van der Waals surface area (Å²) < 4.78 is 30.6. The zero-order valence-electron chi connectivity index (χ0n) is 8.91. The van der Waals surface area contributed by atoms with Gasteiger partial charge in [0.05, 0.1) is 4.90 Å². The van der Waals surface area contributed by atoms with E-state index in [-0.39, 0.29) is 46.4 Å². The summed E-state index contributed by atoms with van der Waals surface area (Å²) >= 11 is 0. The van der Waals surface area contributed by atoms with Crippen molar-refractivity contribution in [2.45, 2.75) is 4.90 Å². The molecule has 0 aromatic heterocycles. The van der Waals surface area contributed by atoms with Crippen LogP contribution in [0.5, 0.6) is 11.5 Å². The topological polar surface area (TPSA) is 97.7 Å². The van der Waals surface area contributed by atoms with E-state index >= 15 is 0 Å². The van der Waals surface area contributed by atoms with Gasteiger partial charge in [-0.25, -0.2) is 0 Å². The maximum absolute atomic E-state index is 11.0. The molecule has 0 atom stereocenters. The molecule has 7 heteroatoms. The van der Waals surface area contributed by atoms with Crippen molar-refractivity contribution in [1.82, 2.24) is 0 Å². The monoisotopic (exact) mass is 262 g/mol. The standard InChI is InChI=1S/C10H8O5S.Na/c11-7-2-1-6-3-8(16(13,14)15)5-10(12)9(6)4-7;/h1-5,11-12H,(H,13,14,15);/q;+1/p-1. The smallest absolute Gasteiger partial charge is 0.872 e. The fourth-order valence-electron chi connectivity index (χ4n) is 1.44. The number of aromatic hydroxyl groups is 1. The Labute approximate surface area is 120 Å². The summed E-state index contributed by atoms with van der Waals surface area (Å²) in [5, 5.41) is 21.2. The number of fused-ring (bicyclic) bond motifs is 1. The van der Waals surface area contributed by atoms with Gasteiger partial charge >= 0.3 is 29.6 Å². The molecule has 0 saturated carbocycles. The molecule has 0 fully saturated rings. The summed E-state index contributed by atoms with van der Waals surface area (Å²) in [6, 6.07) is 5.90. The van der Waals surface area contributed by atoms with E-state index in [1.165, 1.54) is 24.3 Å². The Morgan fingerprint density at radius 2 is 1.76 bits per heavy atom. The molecule has 0 radical (unpaired) electrons. The summed E-state index contributed by atoms with van der Waals surface area (Å²) in [7, 11) is -4.37. The molecular formula is C10H7NaO5S. The van der Waals surface area contributed by atoms with Gasteiger partial charge in [-0.3, -0.25) is 4.55 Å². The zero-order valence-corrected chi connectivity index (χ0v) is 11.7. The van der Waals surface area contributed by atoms with Gasteiger partial charge in [-0.05, 0) is 11.5 Å². The van der Waals surface area contributed by atoms with E-state index in [1.54, 1.807) is 0 Å². The Hall–Kier alpha value is -0.790. The normalized spacial score (nSPS) is 11.1. The maximum Gasteiger partial charge on any atom is 1.00 e. The first kappa shape index (κ1) is 14.3. The second-order valence-corrected chi connectivity index (χ2v) is 4.72. The summed E-state index contributed by atoms with van der Waals surface area (Å²) in [5.41, 5.74) is 0. The van der Waals surface area contributed by atoms with Crippen LogP contribution in [0.4, 0.5) is 0 Å². The molecule has 0 aliphatic rings. The van der Waals surface area contributed by atoms with Gasteiger partial charge < -0.3 is 10.2 Å². The van der Waals surface area contributed by atoms with Crippen LogP contribution in [0.15, 0.2) is 35.2 Å². The Balaban J connectivity index is 0.00000144. The number of hydrogen-bond acceptors (Lipinski definition) is 4. The molecule has 2 aromatic rings. The van der Waals surface area contributed by atoms with E-state index in [0.717, 1.165) is 6.07 Å². The molecule has 2 rings (SSSR count). The summed E-state index contributed by atoms with van der Waals surface area (Å²) in [4.78, 5) is -0.406. The van der Waals surface area contributed by atoms with Gasteiger partial charge in [0.1, 0.15) is 5.75 Å². The molecule has 0 spiro atoms. The van der Waals surface area contributed by atoms with Crippen LogP contribution < -0.4 is 34.7 Å². The van der Waals surface area contributed by atoms with Crippen LogP contribution in [0.2, 0.25) is 0 Å². The van der Waals surface area contributed by atoms with Crippen LogP contribution >= 0.6 is 0 Å². The minimum Gasteiger partial charge on any atom is -0.872 e. The third-order valence-electron chi connectivity index (χ3n) is 2.18. The van der Waals surface area contributed by atoms with Crippen molar-refractivity contribution in [3.05, 3.63) is 30.3 Å². The first-order chi connectivity index (χ1) is 7.38. The molecule has 2 aromatic carbocycles. The summed E-state index contributed by atoms with van der Waals surface area (Å²) in [6.45, 7) is 0. The van der Waals surface area contributed by atoms with E-state index in [1.807, 2.05) is 0 Å². The largest absolute Gasteiger partial charge is 1.00 e. The van der Waals surface area contributed by atoms with Crippen molar-refractivity contribution < 1.29 is 52.7 Å². The number of phenols is 1. The average molecular weight is 262 g/mol. The second kappa shape index (κ2) is 4.83. The fraction of sp³-hybridized carbons (Fsp3) is 0. The molecule has 0 amide bonds. The van der Waals surface area contributed by atoms with Crippen LogP contribution in [0.3, 0.4) is 0 Å². The number of rotatable bonds is 1. The number of hydrogen-bond donors (Lipinski definition) is 2. The van der Waals surface area contributed by atoms with Gasteiger partial charge in [-0.2, -0.15) is 8.42 Å². The molecule has 0 saturated heterocycles. The molecule has 0 heterocycles. The third-order valence-corrected chi connectivity index (χ3v) is 3.01. The van der Waals surface area contributed by atoms with Gasteiger partial charge in [-0.1, -0.05) is 18.2 Å². The molecule has 5 nitrogen and oxygen atoms in total. The Morgan fingerprint density at radius 1 is 1.12 bits per heavy atom. The molecule has 0 aliphatic heterocycles. The first-order valence-electron chi connectivity index (χ1n) is 4.29. The van der Waals surface area contributed by atoms with E-state index in [4.69, 9.17) is 4.55 Å². The predicted octanol–water partition coefficient (Wildman–Crippen LogP) is -2.13. The molecule has 2 N–H and O–H groups in total. The van der Waals surface area contributed by atoms with E-state index < -0.39 is 15.0 Å². The van der Waals surface area contributed by atoms with Crippen molar-refractivity contribution >= 4 is 20.9 Å². The van der Waals surface area contributed by atoms with E-state index in [2.05, 4.69) is 0 Å². The first-order valence-corrected chi connectivity index (χ1v) is 5.73. The number of phenolic OH excluding ortho intramolecular Hbond substituents is 1. The van der Waals surface area contributed by atoms with Gasteiger partial charge in [0.2, 0.25) is 0 Å². The van der Waals surface area contributed by atoms with E-state index in [0.29, 0.717) is 5.39 Å². The molecule has 0 unspecified atom stereocenters. The SMILES string of the molecule is O=S(=O)(O)c1cc(O)c2cc([O-])ccc2c1.[Na+]. The molecule has 17 heavy (non-hydrogen) atoms. The Morgan fingerprint density at radius 3 is 2.35 bits per heavy atom. The molecule has 0 aliphatic carbocycles. The second-order valence-electron chi connectivity index (χ2n) is 3.30. The predicted molar refractivity (Wildman–Crippen MR) is 54.9 cm³/mol.